The quantitative estimate of drug-likeness (QED) is 0.309. The summed E-state index contributed by atoms with van der Waals surface area (Å²) in [5.41, 5.74) is 0. The van der Waals surface area contributed by atoms with Crippen molar-refractivity contribution < 1.29 is 24.8 Å². The van der Waals surface area contributed by atoms with E-state index in [2.05, 4.69) is 5.76 Å². The Balaban J connectivity index is -0.00000000500. The first-order chi connectivity index (χ1) is 1.00. The maximum Gasteiger partial charge on any atom is -1.00 e. The van der Waals surface area contributed by atoms with Crippen molar-refractivity contribution >= 4 is 16.5 Å². The molecule has 0 fully saturated rings. The topological polar surface area (TPSA) is 0 Å². The van der Waals surface area contributed by atoms with Gasteiger partial charge in [0.05, 0.1) is 0 Å². The molecule has 0 nitrogen and oxygen atoms in total. The minimum atomic E-state index is 0. The summed E-state index contributed by atoms with van der Waals surface area (Å²) in [4.78, 5) is 0. The molecule has 0 aromatic rings. The van der Waals surface area contributed by atoms with Gasteiger partial charge in [0.15, 0.2) is 0 Å². The molecule has 0 unspecified atom stereocenters. The maximum atomic E-state index is 2.06. The van der Waals surface area contributed by atoms with Crippen LogP contribution in [0, 0.1) is 0 Å². The third-order valence-electron chi connectivity index (χ3n) is 0. The maximum absolute atomic E-state index is 2.06. The second kappa shape index (κ2) is 31.9. The normalized spacial score (nSPS) is 1.00. The van der Waals surface area contributed by atoms with E-state index in [-0.39, 0.29) is 24.8 Å². The van der Waals surface area contributed by atoms with Crippen LogP contribution >= 0.6 is 0 Å². The van der Waals surface area contributed by atoms with E-state index in [1.807, 2.05) is 0 Å². The van der Waals surface area contributed by atoms with Crippen LogP contribution in [-0.4, -0.2) is 16.5 Å². The van der Waals surface area contributed by atoms with Crippen molar-refractivity contribution in [1.82, 2.24) is 0 Å². The van der Waals surface area contributed by atoms with Gasteiger partial charge in [-0.1, -0.05) is 0 Å². The Morgan fingerprint density at radius 2 is 1.00 bits per heavy atom. The summed E-state index contributed by atoms with van der Waals surface area (Å²) >= 11 is 1.69. The van der Waals surface area contributed by atoms with Gasteiger partial charge in [-0.05, 0) is 0 Å². The average molecular weight is 160 g/mol. The minimum Gasteiger partial charge on any atom is -1.00 e. The summed E-state index contributed by atoms with van der Waals surface area (Å²) in [6, 6.07) is 0. The average Bonchev–Trinajstić information content (AvgIpc) is 1.00. The van der Waals surface area contributed by atoms with Gasteiger partial charge >= 0.3 is 22.3 Å². The molecule has 0 aromatic carbocycles. The molecule has 0 heterocycles. The second-order valence-corrected chi connectivity index (χ2v) is 0. The van der Waals surface area contributed by atoms with Gasteiger partial charge in [-0.2, -0.15) is 0 Å². The van der Waals surface area contributed by atoms with Gasteiger partial charge in [-0.15, -0.1) is 0 Å². The molecule has 26 valence electrons. The van der Waals surface area contributed by atoms with Crippen LogP contribution in [0.15, 0.2) is 0 Å². The molecule has 0 aliphatic rings. The summed E-state index contributed by atoms with van der Waals surface area (Å²) in [5, 5.41) is 0. The Hall–Kier alpha value is 1.12. The number of hydrogen-bond acceptors (Lipinski definition) is 0. The summed E-state index contributed by atoms with van der Waals surface area (Å²) in [7, 11) is 0. The zero-order chi connectivity index (χ0) is 2.00. The third kappa shape index (κ3) is 11.2. The molecular weight excluding hydrogens is 156 g/mol. The van der Waals surface area contributed by atoms with Crippen LogP contribution in [0.2, 0.25) is 5.76 Å². The molecule has 0 amide bonds. The molecule has 0 radical (unpaired) electrons. The standard InChI is InChI=1S/CH4Ge.2ClH/c1-2;;/h2H,1H3;2*1H/q+2;;/p-2. The predicted octanol–water partition coefficient (Wildman–Crippen LogP) is -6.06. The van der Waals surface area contributed by atoms with Crippen molar-refractivity contribution in [3.8, 4) is 0 Å². The van der Waals surface area contributed by atoms with E-state index in [4.69, 9.17) is 0 Å². The fourth-order valence-corrected chi connectivity index (χ4v) is 0. The van der Waals surface area contributed by atoms with Crippen molar-refractivity contribution in [1.29, 1.82) is 0 Å². The summed E-state index contributed by atoms with van der Waals surface area (Å²) in [6.45, 7) is 0. The van der Waals surface area contributed by atoms with Crippen molar-refractivity contribution in [2.75, 3.05) is 0 Å². The molecular formula is CH4Cl2Ge. The summed E-state index contributed by atoms with van der Waals surface area (Å²) in [6.07, 6.45) is 0. The molecule has 0 atom stereocenters. The van der Waals surface area contributed by atoms with Gasteiger partial charge in [-0.25, -0.2) is 0 Å². The van der Waals surface area contributed by atoms with Crippen LogP contribution in [0.1, 0.15) is 0 Å². The largest absolute Gasteiger partial charge is 1.00 e. The second-order valence-electron chi connectivity index (χ2n) is 0. The number of halogens is 2. The molecule has 4 heavy (non-hydrogen) atoms. The van der Waals surface area contributed by atoms with Gasteiger partial charge in [0, 0.05) is 0 Å². The molecule has 0 rings (SSSR count). The van der Waals surface area contributed by atoms with Gasteiger partial charge in [-0.3, -0.25) is 0 Å². The molecule has 0 aromatic heterocycles. The van der Waals surface area contributed by atoms with Gasteiger partial charge < -0.3 is 24.8 Å². The van der Waals surface area contributed by atoms with Crippen LogP contribution in [0.5, 0.6) is 0 Å². The fraction of sp³-hybridized carbons (Fsp3) is 1.00. The van der Waals surface area contributed by atoms with Crippen LogP contribution in [0.4, 0.5) is 0 Å². The molecule has 0 aliphatic heterocycles. The Kier molecular flexibility index (Phi) is 154. The van der Waals surface area contributed by atoms with Crippen LogP contribution in [0.3, 0.4) is 0 Å². The van der Waals surface area contributed by atoms with Crippen molar-refractivity contribution in [3.63, 3.8) is 0 Å². The first-order valence-corrected chi connectivity index (χ1v) is 3.00. The van der Waals surface area contributed by atoms with Crippen LogP contribution < -0.4 is 24.8 Å². The molecule has 0 spiro atoms. The molecule has 0 saturated carbocycles. The van der Waals surface area contributed by atoms with Crippen LogP contribution in [0.25, 0.3) is 0 Å². The van der Waals surface area contributed by atoms with Gasteiger partial charge in [0.1, 0.15) is 0 Å². The molecule has 3 heteroatoms. The number of hydrogen-bond donors (Lipinski definition) is 0. The van der Waals surface area contributed by atoms with Gasteiger partial charge in [0.2, 0.25) is 0 Å². The summed E-state index contributed by atoms with van der Waals surface area (Å²) < 4.78 is 0. The summed E-state index contributed by atoms with van der Waals surface area (Å²) in [5.74, 6) is 2.06. The van der Waals surface area contributed by atoms with Crippen LogP contribution in [-0.2, 0) is 0 Å². The van der Waals surface area contributed by atoms with Crippen molar-refractivity contribution in [2.24, 2.45) is 0 Å². The predicted molar refractivity (Wildman–Crippen MR) is 13.0 cm³/mol. The minimum absolute atomic E-state index is 0. The van der Waals surface area contributed by atoms with E-state index in [1.54, 1.807) is 16.5 Å². The molecule has 0 aliphatic carbocycles. The molecule has 0 N–H and O–H groups in total. The van der Waals surface area contributed by atoms with Gasteiger partial charge in [0.25, 0.3) is 0 Å². The van der Waals surface area contributed by atoms with E-state index in [1.165, 1.54) is 0 Å². The van der Waals surface area contributed by atoms with E-state index in [0.29, 0.717) is 0 Å². The number of rotatable bonds is 0. The monoisotopic (exact) mass is 160 g/mol. The molecule has 0 bridgehead atoms. The van der Waals surface area contributed by atoms with Crippen molar-refractivity contribution in [3.05, 3.63) is 0 Å². The third-order valence-corrected chi connectivity index (χ3v) is 0. The zero-order valence-electron chi connectivity index (χ0n) is 2.33. The SMILES string of the molecule is [CH3][GeH+2].[Cl-].[Cl-]. The van der Waals surface area contributed by atoms with E-state index >= 15 is 0 Å². The Morgan fingerprint density at radius 1 is 1.00 bits per heavy atom. The molecule has 0 saturated heterocycles. The Bertz CT molecular complexity index is 6.00. The first-order valence-electron chi connectivity index (χ1n) is 0.577. The Labute approximate surface area is 47.4 Å². The Morgan fingerprint density at radius 3 is 1.00 bits per heavy atom. The fourth-order valence-electron chi connectivity index (χ4n) is 0. The van der Waals surface area contributed by atoms with E-state index < -0.39 is 0 Å². The van der Waals surface area contributed by atoms with Crippen molar-refractivity contribution in [2.45, 2.75) is 5.76 Å². The smallest absolute Gasteiger partial charge is 1.00 e. The first kappa shape index (κ1) is 19.3. The van der Waals surface area contributed by atoms with E-state index in [9.17, 15) is 0 Å². The van der Waals surface area contributed by atoms with E-state index in [0.717, 1.165) is 0 Å². The zero-order valence-corrected chi connectivity index (χ0v) is 6.27.